The molecule has 16 heteroatoms. The zero-order valence-electron chi connectivity index (χ0n) is 17.9. The molecule has 0 saturated heterocycles. The van der Waals surface area contributed by atoms with Crippen molar-refractivity contribution in [3.63, 3.8) is 0 Å². The fourth-order valence-corrected chi connectivity index (χ4v) is 7.67. The Kier molecular flexibility index (Phi) is 7.70. The number of anilines is 2. The number of rotatable bonds is 8. The van der Waals surface area contributed by atoms with Crippen molar-refractivity contribution in [3.8, 4) is 16.2 Å². The Hall–Kier alpha value is -2.49. The van der Waals surface area contributed by atoms with Crippen LogP contribution < -0.4 is 14.2 Å². The van der Waals surface area contributed by atoms with Gasteiger partial charge in [0.2, 0.25) is 0 Å². The molecule has 37 heavy (non-hydrogen) atoms. The minimum atomic E-state index is -4.94. The normalized spacial score (nSPS) is 12.4. The van der Waals surface area contributed by atoms with Crippen molar-refractivity contribution in [1.29, 1.82) is 0 Å². The van der Waals surface area contributed by atoms with Gasteiger partial charge in [0.15, 0.2) is 0 Å². The van der Waals surface area contributed by atoms with Gasteiger partial charge in [-0.2, -0.15) is 0 Å². The zero-order valence-corrected chi connectivity index (χ0v) is 22.7. The van der Waals surface area contributed by atoms with Gasteiger partial charge in [-0.05, 0) is 66.2 Å². The summed E-state index contributed by atoms with van der Waals surface area (Å²) in [5.41, 5.74) is 0.316. The number of benzene rings is 2. The molecule has 2 heterocycles. The van der Waals surface area contributed by atoms with E-state index in [0.29, 0.717) is 14.8 Å². The molecule has 0 radical (unpaired) electrons. The van der Waals surface area contributed by atoms with E-state index in [1.807, 2.05) is 0 Å². The Balaban J connectivity index is 1.70. The van der Waals surface area contributed by atoms with Crippen LogP contribution in [0.2, 0.25) is 8.67 Å². The average Bonchev–Trinajstić information content (AvgIpc) is 3.43. The van der Waals surface area contributed by atoms with Crippen molar-refractivity contribution in [1.82, 2.24) is 0 Å². The lowest BCUT2D eigenvalue weighted by atomic mass is 10.1. The number of hydrogen-bond donors (Lipinski definition) is 2. The largest absolute Gasteiger partial charge is 0.573 e. The van der Waals surface area contributed by atoms with Gasteiger partial charge in [0.05, 0.1) is 24.9 Å². The molecule has 4 aromatic rings. The number of sulfonamides is 2. The Morgan fingerprint density at radius 3 is 1.92 bits per heavy atom. The molecule has 4 rings (SSSR count). The van der Waals surface area contributed by atoms with Crippen molar-refractivity contribution in [3.05, 3.63) is 75.4 Å². The standard InChI is InChI=1S/C21H13Cl2F3N2O5S4/c22-18-8-7-17(34-18)12-1-6-15(16(11-12)28-37(31,32)20-10-9-19(23)35-20)27-36(29,30)14-4-2-13(3-5-14)33-21(24,25)26/h1-11,27-28H. The van der Waals surface area contributed by atoms with E-state index < -0.39 is 32.2 Å². The van der Waals surface area contributed by atoms with E-state index in [9.17, 15) is 30.0 Å². The lowest BCUT2D eigenvalue weighted by molar-refractivity contribution is -0.274. The molecule has 0 aliphatic rings. The average molecular weight is 630 g/mol. The summed E-state index contributed by atoms with van der Waals surface area (Å²) in [6.07, 6.45) is -4.94. The Labute approximate surface area is 227 Å². The molecule has 2 aromatic carbocycles. The van der Waals surface area contributed by atoms with Gasteiger partial charge >= 0.3 is 6.36 Å². The van der Waals surface area contributed by atoms with Gasteiger partial charge in [-0.3, -0.25) is 9.44 Å². The van der Waals surface area contributed by atoms with E-state index in [0.717, 1.165) is 35.6 Å². The summed E-state index contributed by atoms with van der Waals surface area (Å²) in [4.78, 5) is 0.314. The number of alkyl halides is 3. The summed E-state index contributed by atoms with van der Waals surface area (Å²) in [6, 6.07) is 13.9. The maximum Gasteiger partial charge on any atom is 0.573 e. The van der Waals surface area contributed by atoms with E-state index in [1.165, 1.54) is 35.6 Å². The van der Waals surface area contributed by atoms with E-state index in [1.54, 1.807) is 18.2 Å². The van der Waals surface area contributed by atoms with Crippen LogP contribution in [0.15, 0.2) is 75.8 Å². The summed E-state index contributed by atoms with van der Waals surface area (Å²) in [7, 11) is -8.49. The molecule has 196 valence electrons. The van der Waals surface area contributed by atoms with Gasteiger partial charge in [0.1, 0.15) is 9.96 Å². The first-order chi connectivity index (χ1) is 17.2. The molecule has 0 fully saturated rings. The highest BCUT2D eigenvalue weighted by molar-refractivity contribution is 7.94. The van der Waals surface area contributed by atoms with E-state index in [2.05, 4.69) is 14.2 Å². The maximum atomic E-state index is 13.0. The lowest BCUT2D eigenvalue weighted by Crippen LogP contribution is -2.18. The second kappa shape index (κ2) is 10.3. The fourth-order valence-electron chi connectivity index (χ4n) is 3.00. The topological polar surface area (TPSA) is 102 Å². The van der Waals surface area contributed by atoms with Gasteiger partial charge in [0, 0.05) is 4.88 Å². The second-order valence-electron chi connectivity index (χ2n) is 7.15. The second-order valence-corrected chi connectivity index (χ2v) is 14.2. The molecule has 0 bridgehead atoms. The number of thiophene rings is 2. The number of hydrogen-bond acceptors (Lipinski definition) is 7. The van der Waals surface area contributed by atoms with Gasteiger partial charge in [0.25, 0.3) is 20.0 Å². The van der Waals surface area contributed by atoms with Crippen molar-refractivity contribution in [2.45, 2.75) is 15.5 Å². The highest BCUT2D eigenvalue weighted by Gasteiger charge is 2.31. The Bertz CT molecular complexity index is 1650. The third-order valence-electron chi connectivity index (χ3n) is 4.55. The summed E-state index contributed by atoms with van der Waals surface area (Å²) in [5, 5.41) is 0. The van der Waals surface area contributed by atoms with Crippen LogP contribution in [0.4, 0.5) is 24.5 Å². The number of ether oxygens (including phenoxy) is 1. The monoisotopic (exact) mass is 628 g/mol. The summed E-state index contributed by atoms with van der Waals surface area (Å²) >= 11 is 13.9. The van der Waals surface area contributed by atoms with Crippen LogP contribution in [-0.2, 0) is 20.0 Å². The lowest BCUT2D eigenvalue weighted by Gasteiger charge is -2.16. The predicted octanol–water partition coefficient (Wildman–Crippen LogP) is 7.28. The quantitative estimate of drug-likeness (QED) is 0.213. The minimum Gasteiger partial charge on any atom is -0.406 e. The van der Waals surface area contributed by atoms with Crippen LogP contribution in [0, 0.1) is 0 Å². The third kappa shape index (κ3) is 6.89. The van der Waals surface area contributed by atoms with Gasteiger partial charge in [-0.1, -0.05) is 29.3 Å². The predicted molar refractivity (Wildman–Crippen MR) is 139 cm³/mol. The van der Waals surface area contributed by atoms with Crippen LogP contribution >= 0.6 is 45.9 Å². The molecule has 0 aliphatic heterocycles. The van der Waals surface area contributed by atoms with Crippen LogP contribution in [0.1, 0.15) is 0 Å². The van der Waals surface area contributed by atoms with Gasteiger partial charge in [-0.25, -0.2) is 16.8 Å². The number of nitrogens with one attached hydrogen (secondary N) is 2. The molecular formula is C21H13Cl2F3N2O5S4. The molecular weight excluding hydrogens is 616 g/mol. The first-order valence-electron chi connectivity index (χ1n) is 9.78. The van der Waals surface area contributed by atoms with E-state index >= 15 is 0 Å². The minimum absolute atomic E-state index is 0.101. The van der Waals surface area contributed by atoms with Crippen LogP contribution in [0.3, 0.4) is 0 Å². The van der Waals surface area contributed by atoms with Crippen molar-refractivity contribution >= 4 is 77.3 Å². The highest BCUT2D eigenvalue weighted by atomic mass is 35.5. The van der Waals surface area contributed by atoms with Crippen molar-refractivity contribution in [2.75, 3.05) is 9.44 Å². The highest BCUT2D eigenvalue weighted by Crippen LogP contribution is 2.37. The Morgan fingerprint density at radius 1 is 0.730 bits per heavy atom. The van der Waals surface area contributed by atoms with Crippen molar-refractivity contribution in [2.24, 2.45) is 0 Å². The first-order valence-corrected chi connectivity index (χ1v) is 15.1. The fraction of sp³-hybridized carbons (Fsp3) is 0.0476. The zero-order chi connectivity index (χ0) is 27.0. The van der Waals surface area contributed by atoms with Crippen molar-refractivity contribution < 1.29 is 34.7 Å². The third-order valence-corrected chi connectivity index (χ3v) is 10.3. The van der Waals surface area contributed by atoms with E-state index in [-0.39, 0.29) is 24.8 Å². The Morgan fingerprint density at radius 2 is 1.35 bits per heavy atom. The molecule has 0 spiro atoms. The molecule has 0 saturated carbocycles. The maximum absolute atomic E-state index is 13.0. The molecule has 2 aromatic heterocycles. The van der Waals surface area contributed by atoms with E-state index in [4.69, 9.17) is 23.2 Å². The molecule has 0 aliphatic carbocycles. The SMILES string of the molecule is O=S(=O)(Nc1ccc(-c2ccc(Cl)s2)cc1NS(=O)(=O)c1ccc(Cl)s1)c1ccc(OC(F)(F)F)cc1. The van der Waals surface area contributed by atoms with Crippen LogP contribution in [0.25, 0.3) is 10.4 Å². The molecule has 7 nitrogen and oxygen atoms in total. The summed E-state index contributed by atoms with van der Waals surface area (Å²) in [6.45, 7) is 0. The molecule has 0 unspecified atom stereocenters. The molecule has 2 N–H and O–H groups in total. The summed E-state index contributed by atoms with van der Waals surface area (Å²) < 4.78 is 98.0. The van der Waals surface area contributed by atoms with Crippen LogP contribution in [0.5, 0.6) is 5.75 Å². The molecule has 0 amide bonds. The van der Waals surface area contributed by atoms with Crippen LogP contribution in [-0.4, -0.2) is 23.2 Å². The summed E-state index contributed by atoms with van der Waals surface area (Å²) in [5.74, 6) is -0.603. The first kappa shape index (κ1) is 27.5. The number of halogens is 5. The van der Waals surface area contributed by atoms with Gasteiger partial charge < -0.3 is 4.74 Å². The molecule has 0 atom stereocenters. The van der Waals surface area contributed by atoms with Gasteiger partial charge in [-0.15, -0.1) is 35.8 Å². The smallest absolute Gasteiger partial charge is 0.406 e.